The molecule has 1 aromatic carbocycles. The molecule has 0 atom stereocenters. The van der Waals surface area contributed by atoms with Gasteiger partial charge in [-0.05, 0) is 38.0 Å². The van der Waals surface area contributed by atoms with Gasteiger partial charge in [-0.1, -0.05) is 6.07 Å². The molecule has 0 aliphatic carbocycles. The second-order valence-electron chi connectivity index (χ2n) is 5.06. The molecule has 0 spiro atoms. The van der Waals surface area contributed by atoms with Crippen LogP contribution in [0, 0.1) is 11.2 Å². The van der Waals surface area contributed by atoms with Gasteiger partial charge in [0.15, 0.2) is 11.6 Å². The summed E-state index contributed by atoms with van der Waals surface area (Å²) in [5, 5.41) is 2.80. The first-order valence-electron chi connectivity index (χ1n) is 6.21. The molecule has 4 nitrogen and oxygen atoms in total. The van der Waals surface area contributed by atoms with E-state index in [2.05, 4.69) is 5.32 Å². The van der Waals surface area contributed by atoms with Crippen molar-refractivity contribution in [1.29, 1.82) is 0 Å². The van der Waals surface area contributed by atoms with Gasteiger partial charge in [-0.2, -0.15) is 0 Å². The molecule has 0 unspecified atom stereocenters. The Bertz CT molecular complexity index is 447. The smallest absolute Gasteiger partial charge is 0.226 e. The predicted molar refractivity (Wildman–Crippen MR) is 72.5 cm³/mol. The van der Waals surface area contributed by atoms with Gasteiger partial charge in [0, 0.05) is 13.1 Å². The molecule has 3 N–H and O–H groups in total. The zero-order valence-electron chi connectivity index (χ0n) is 11.6. The first-order valence-corrected chi connectivity index (χ1v) is 6.21. The van der Waals surface area contributed by atoms with Gasteiger partial charge in [-0.15, -0.1) is 0 Å². The summed E-state index contributed by atoms with van der Waals surface area (Å²) in [6.45, 7) is 4.31. The van der Waals surface area contributed by atoms with Crippen LogP contribution in [0.5, 0.6) is 5.75 Å². The Morgan fingerprint density at radius 2 is 2.16 bits per heavy atom. The van der Waals surface area contributed by atoms with Gasteiger partial charge in [-0.25, -0.2) is 4.39 Å². The number of methoxy groups -OCH3 is 1. The van der Waals surface area contributed by atoms with Crippen LogP contribution in [0.3, 0.4) is 0 Å². The number of ether oxygens (including phenoxy) is 1. The molecule has 1 rings (SSSR count). The highest BCUT2D eigenvalue weighted by Crippen LogP contribution is 2.18. The van der Waals surface area contributed by atoms with E-state index < -0.39 is 11.2 Å². The highest BCUT2D eigenvalue weighted by Gasteiger charge is 2.24. The number of carbonyl (C=O) groups is 1. The molecule has 1 aromatic rings. The van der Waals surface area contributed by atoms with E-state index in [0.29, 0.717) is 13.0 Å². The van der Waals surface area contributed by atoms with Gasteiger partial charge < -0.3 is 15.8 Å². The molecule has 0 fully saturated rings. The standard InChI is InChI=1S/C14H21FN2O2/c1-14(2,9-16)13(18)17-7-6-10-4-5-12(19-3)11(15)8-10/h4-5,8H,6-7,9,16H2,1-3H3,(H,17,18). The number of halogens is 1. The van der Waals surface area contributed by atoms with Crippen molar-refractivity contribution in [1.82, 2.24) is 5.32 Å². The van der Waals surface area contributed by atoms with Crippen LogP contribution in [0.1, 0.15) is 19.4 Å². The maximum Gasteiger partial charge on any atom is 0.226 e. The van der Waals surface area contributed by atoms with Crippen molar-refractivity contribution in [2.24, 2.45) is 11.1 Å². The van der Waals surface area contributed by atoms with Crippen molar-refractivity contribution in [2.45, 2.75) is 20.3 Å². The summed E-state index contributed by atoms with van der Waals surface area (Å²) in [6.07, 6.45) is 0.563. The molecule has 1 amide bonds. The molecule has 0 aromatic heterocycles. The third-order valence-corrected chi connectivity index (χ3v) is 3.04. The first-order chi connectivity index (χ1) is 8.90. The summed E-state index contributed by atoms with van der Waals surface area (Å²) < 4.78 is 18.3. The number of hydrogen-bond donors (Lipinski definition) is 2. The van der Waals surface area contributed by atoms with Gasteiger partial charge >= 0.3 is 0 Å². The van der Waals surface area contributed by atoms with E-state index in [0.717, 1.165) is 5.56 Å². The summed E-state index contributed by atoms with van der Waals surface area (Å²) in [7, 11) is 1.42. The minimum absolute atomic E-state index is 0.0935. The monoisotopic (exact) mass is 268 g/mol. The van der Waals surface area contributed by atoms with Gasteiger partial charge in [0.1, 0.15) is 0 Å². The molecule has 0 aliphatic heterocycles. The Morgan fingerprint density at radius 1 is 1.47 bits per heavy atom. The summed E-state index contributed by atoms with van der Waals surface area (Å²) in [6, 6.07) is 4.78. The van der Waals surface area contributed by atoms with Gasteiger partial charge in [0.05, 0.1) is 12.5 Å². The summed E-state index contributed by atoms with van der Waals surface area (Å²) in [5.41, 5.74) is 5.75. The van der Waals surface area contributed by atoms with Crippen LogP contribution in [0.4, 0.5) is 4.39 Å². The zero-order chi connectivity index (χ0) is 14.5. The van der Waals surface area contributed by atoms with Gasteiger partial charge in [-0.3, -0.25) is 4.79 Å². The van der Waals surface area contributed by atoms with Gasteiger partial charge in [0.2, 0.25) is 5.91 Å². The third kappa shape index (κ3) is 4.21. The maximum atomic E-state index is 13.5. The van der Waals surface area contributed by atoms with Crippen LogP contribution in [-0.4, -0.2) is 26.1 Å². The number of hydrogen-bond acceptors (Lipinski definition) is 3. The second kappa shape index (κ2) is 6.52. The molecule has 0 radical (unpaired) electrons. The highest BCUT2D eigenvalue weighted by atomic mass is 19.1. The van der Waals surface area contributed by atoms with Crippen LogP contribution in [0.15, 0.2) is 18.2 Å². The SMILES string of the molecule is COc1ccc(CCNC(=O)C(C)(C)CN)cc1F. The maximum absolute atomic E-state index is 13.5. The second-order valence-corrected chi connectivity index (χ2v) is 5.06. The average molecular weight is 268 g/mol. The van der Waals surface area contributed by atoms with Crippen LogP contribution in [-0.2, 0) is 11.2 Å². The van der Waals surface area contributed by atoms with Crippen molar-refractivity contribution in [3.05, 3.63) is 29.6 Å². The van der Waals surface area contributed by atoms with E-state index in [1.54, 1.807) is 26.0 Å². The number of benzene rings is 1. The third-order valence-electron chi connectivity index (χ3n) is 3.04. The predicted octanol–water partition coefficient (Wildman–Crippen LogP) is 1.48. The Balaban J connectivity index is 2.50. The molecular weight excluding hydrogens is 247 g/mol. The molecule has 0 heterocycles. The molecule has 0 bridgehead atoms. The fraction of sp³-hybridized carbons (Fsp3) is 0.500. The van der Waals surface area contributed by atoms with Crippen LogP contribution in [0.2, 0.25) is 0 Å². The van der Waals surface area contributed by atoms with Crippen LogP contribution >= 0.6 is 0 Å². The van der Waals surface area contributed by atoms with E-state index in [1.165, 1.54) is 13.2 Å². The van der Waals surface area contributed by atoms with E-state index in [4.69, 9.17) is 10.5 Å². The van der Waals surface area contributed by atoms with Gasteiger partial charge in [0.25, 0.3) is 0 Å². The lowest BCUT2D eigenvalue weighted by molar-refractivity contribution is -0.128. The average Bonchev–Trinajstić information content (AvgIpc) is 2.38. The first kappa shape index (κ1) is 15.4. The Morgan fingerprint density at radius 3 is 2.68 bits per heavy atom. The summed E-state index contributed by atoms with van der Waals surface area (Å²) >= 11 is 0. The zero-order valence-corrected chi connectivity index (χ0v) is 11.6. The quantitative estimate of drug-likeness (QED) is 0.821. The molecule has 0 saturated heterocycles. The largest absolute Gasteiger partial charge is 0.494 e. The van der Waals surface area contributed by atoms with Crippen molar-refractivity contribution in [3.8, 4) is 5.75 Å². The number of rotatable bonds is 6. The van der Waals surface area contributed by atoms with E-state index in [9.17, 15) is 9.18 Å². The number of amides is 1. The molecule has 19 heavy (non-hydrogen) atoms. The molecule has 0 aliphatic rings. The fourth-order valence-corrected chi connectivity index (χ4v) is 1.52. The lowest BCUT2D eigenvalue weighted by Gasteiger charge is -2.21. The topological polar surface area (TPSA) is 64.3 Å². The Hall–Kier alpha value is -1.62. The van der Waals surface area contributed by atoms with Crippen molar-refractivity contribution >= 4 is 5.91 Å². The van der Waals surface area contributed by atoms with Crippen LogP contribution in [0.25, 0.3) is 0 Å². The Labute approximate surface area is 113 Å². The van der Waals surface area contributed by atoms with E-state index >= 15 is 0 Å². The van der Waals surface area contributed by atoms with Crippen LogP contribution < -0.4 is 15.8 Å². The van der Waals surface area contributed by atoms with E-state index in [-0.39, 0.29) is 18.2 Å². The molecule has 0 saturated carbocycles. The Kier molecular flexibility index (Phi) is 5.30. The number of nitrogens with two attached hydrogens (primary N) is 1. The number of carbonyl (C=O) groups excluding carboxylic acids is 1. The molecule has 106 valence electrons. The lowest BCUT2D eigenvalue weighted by atomic mass is 9.92. The summed E-state index contributed by atoms with van der Waals surface area (Å²) in [4.78, 5) is 11.8. The molecule has 5 heteroatoms. The number of nitrogens with one attached hydrogen (secondary N) is 1. The van der Waals surface area contributed by atoms with Crippen molar-refractivity contribution in [3.63, 3.8) is 0 Å². The van der Waals surface area contributed by atoms with Crippen molar-refractivity contribution in [2.75, 3.05) is 20.2 Å². The fourth-order valence-electron chi connectivity index (χ4n) is 1.52. The minimum Gasteiger partial charge on any atom is -0.494 e. The normalized spacial score (nSPS) is 11.2. The molecular formula is C14H21FN2O2. The van der Waals surface area contributed by atoms with Crippen molar-refractivity contribution < 1.29 is 13.9 Å². The summed E-state index contributed by atoms with van der Waals surface area (Å²) in [5.74, 6) is -0.269. The highest BCUT2D eigenvalue weighted by molar-refractivity contribution is 5.82. The lowest BCUT2D eigenvalue weighted by Crippen LogP contribution is -2.42. The minimum atomic E-state index is -0.578. The van der Waals surface area contributed by atoms with E-state index in [1.807, 2.05) is 0 Å².